The van der Waals surface area contributed by atoms with E-state index in [1.54, 1.807) is 0 Å². The Bertz CT molecular complexity index is 1180. The van der Waals surface area contributed by atoms with E-state index in [-0.39, 0.29) is 5.41 Å². The summed E-state index contributed by atoms with van der Waals surface area (Å²) in [7, 11) is 0. The fourth-order valence-electron chi connectivity index (χ4n) is 7.15. The van der Waals surface area contributed by atoms with Crippen LogP contribution in [0.3, 0.4) is 0 Å². The van der Waals surface area contributed by atoms with Crippen molar-refractivity contribution >= 4 is 18.1 Å². The van der Waals surface area contributed by atoms with Crippen LogP contribution < -0.4 is 10.7 Å². The number of H-pyrrole nitrogens is 1. The normalized spacial score (nSPS) is 23.0. The minimum atomic E-state index is -0.0178. The highest BCUT2D eigenvalue weighted by atomic mass is 15.2. The Labute approximate surface area is 234 Å². The number of piperidine rings is 1. The van der Waals surface area contributed by atoms with Gasteiger partial charge in [-0.2, -0.15) is 5.26 Å². The number of allylic oxidation sites excluding steroid dienone is 1. The SMILES string of the molecule is C/C=C(\C=N/CC1(CC#N)CN(CC2CCN(CCCCC3CCCC3)CC2)C1)C1=c2cc[nH]c2=NCC=N1. The maximum absolute atomic E-state index is 9.55. The predicted octanol–water partition coefficient (Wildman–Crippen LogP) is 4.13. The number of hydrogen-bond donors (Lipinski definition) is 1. The second-order valence-electron chi connectivity index (χ2n) is 12.4. The molecule has 4 aliphatic rings. The van der Waals surface area contributed by atoms with Gasteiger partial charge in [-0.1, -0.05) is 44.6 Å². The number of rotatable bonds is 12. The fraction of sp³-hybridized carbons (Fsp3) is 0.688. The first kappa shape index (κ1) is 28.0. The molecule has 0 atom stereocenters. The van der Waals surface area contributed by atoms with Crippen LogP contribution in [-0.4, -0.2) is 79.6 Å². The summed E-state index contributed by atoms with van der Waals surface area (Å²) in [6.07, 6.45) is 21.2. The topological polar surface area (TPSA) is 83.1 Å². The van der Waals surface area contributed by atoms with Gasteiger partial charge < -0.3 is 14.8 Å². The molecule has 7 nitrogen and oxygen atoms in total. The van der Waals surface area contributed by atoms with Gasteiger partial charge in [0.2, 0.25) is 0 Å². The van der Waals surface area contributed by atoms with Gasteiger partial charge >= 0.3 is 0 Å². The first-order valence-electron chi connectivity index (χ1n) is 15.4. The van der Waals surface area contributed by atoms with E-state index in [2.05, 4.69) is 36.9 Å². The number of nitrogens with zero attached hydrogens (tertiary/aromatic N) is 6. The minimum Gasteiger partial charge on any atom is -0.346 e. The summed E-state index contributed by atoms with van der Waals surface area (Å²) >= 11 is 0. The number of likely N-dealkylation sites (tertiary alicyclic amines) is 2. The lowest BCUT2D eigenvalue weighted by molar-refractivity contribution is -0.00710. The summed E-state index contributed by atoms with van der Waals surface area (Å²) in [6.45, 7) is 10.3. The van der Waals surface area contributed by atoms with Gasteiger partial charge in [0, 0.05) is 67.4 Å². The second-order valence-corrected chi connectivity index (χ2v) is 12.4. The Morgan fingerprint density at radius 2 is 1.97 bits per heavy atom. The van der Waals surface area contributed by atoms with E-state index < -0.39 is 0 Å². The Morgan fingerprint density at radius 1 is 1.15 bits per heavy atom. The van der Waals surface area contributed by atoms with Gasteiger partial charge in [-0.3, -0.25) is 15.0 Å². The minimum absolute atomic E-state index is 0.0178. The van der Waals surface area contributed by atoms with E-state index in [0.717, 1.165) is 46.9 Å². The highest BCUT2D eigenvalue weighted by Crippen LogP contribution is 2.36. The summed E-state index contributed by atoms with van der Waals surface area (Å²) in [5.41, 5.74) is 2.76. The molecule has 0 unspecified atom stereocenters. The Balaban J connectivity index is 1.05. The molecule has 0 spiro atoms. The van der Waals surface area contributed by atoms with E-state index in [0.29, 0.717) is 19.5 Å². The lowest BCUT2D eigenvalue weighted by atomic mass is 9.76. The number of aliphatic imine (C=N–C) groups is 2. The van der Waals surface area contributed by atoms with Gasteiger partial charge in [0.25, 0.3) is 0 Å². The summed E-state index contributed by atoms with van der Waals surface area (Å²) in [6, 6.07) is 4.47. The van der Waals surface area contributed by atoms with E-state index in [4.69, 9.17) is 4.99 Å². The van der Waals surface area contributed by atoms with Gasteiger partial charge in [0.05, 0.1) is 18.3 Å². The molecule has 210 valence electrons. The molecule has 1 aromatic heterocycles. The third-order valence-corrected chi connectivity index (χ3v) is 9.38. The molecular formula is C32H47N7. The Morgan fingerprint density at radius 3 is 2.74 bits per heavy atom. The van der Waals surface area contributed by atoms with Gasteiger partial charge in [0.15, 0.2) is 0 Å². The Hall–Kier alpha value is -2.56. The van der Waals surface area contributed by atoms with Crippen LogP contribution in [0.15, 0.2) is 38.9 Å². The second kappa shape index (κ2) is 13.7. The third-order valence-electron chi connectivity index (χ3n) is 9.38. The zero-order valence-corrected chi connectivity index (χ0v) is 24.0. The van der Waals surface area contributed by atoms with Crippen LogP contribution in [-0.2, 0) is 0 Å². The molecule has 2 saturated heterocycles. The first-order valence-corrected chi connectivity index (χ1v) is 15.4. The molecule has 0 amide bonds. The molecule has 0 radical (unpaired) electrons. The lowest BCUT2D eigenvalue weighted by Crippen LogP contribution is -2.59. The quantitative estimate of drug-likeness (QED) is 0.326. The van der Waals surface area contributed by atoms with Gasteiger partial charge in [-0.15, -0.1) is 0 Å². The van der Waals surface area contributed by atoms with Crippen molar-refractivity contribution in [3.63, 3.8) is 0 Å². The number of fused-ring (bicyclic) bond motifs is 1. The number of aromatic nitrogens is 1. The molecule has 0 aromatic carbocycles. The van der Waals surface area contributed by atoms with Crippen LogP contribution >= 0.6 is 0 Å². The average molecular weight is 530 g/mol. The van der Waals surface area contributed by atoms with Crippen LogP contribution in [0.5, 0.6) is 0 Å². The smallest absolute Gasteiger partial charge is 0.134 e. The van der Waals surface area contributed by atoms with Crippen LogP contribution in [0.4, 0.5) is 0 Å². The van der Waals surface area contributed by atoms with Gasteiger partial charge in [-0.25, -0.2) is 0 Å². The van der Waals surface area contributed by atoms with Crippen molar-refractivity contribution in [3.05, 3.63) is 34.6 Å². The number of nitrogens with one attached hydrogen (secondary N) is 1. The van der Waals surface area contributed by atoms with Crippen molar-refractivity contribution in [1.82, 2.24) is 14.8 Å². The maximum Gasteiger partial charge on any atom is 0.134 e. The molecule has 1 aliphatic carbocycles. The fourth-order valence-corrected chi connectivity index (χ4v) is 7.15. The predicted molar refractivity (Wildman–Crippen MR) is 160 cm³/mol. The van der Waals surface area contributed by atoms with Crippen molar-refractivity contribution < 1.29 is 0 Å². The van der Waals surface area contributed by atoms with E-state index in [1.807, 2.05) is 31.6 Å². The van der Waals surface area contributed by atoms with Crippen molar-refractivity contribution in [3.8, 4) is 6.07 Å². The van der Waals surface area contributed by atoms with E-state index >= 15 is 0 Å². The zero-order valence-electron chi connectivity index (χ0n) is 24.0. The highest BCUT2D eigenvalue weighted by Gasteiger charge is 2.43. The van der Waals surface area contributed by atoms with Crippen LogP contribution in [0, 0.1) is 28.6 Å². The van der Waals surface area contributed by atoms with Crippen molar-refractivity contribution in [1.29, 1.82) is 5.26 Å². The number of hydrogen-bond acceptors (Lipinski definition) is 6. The third kappa shape index (κ3) is 7.35. The standard InChI is InChI=1S/C32H47N7/c1-2-28(30-29-10-15-36-31(29)37-17-16-35-30)21-34-23-32(13-14-33)24-39(25-32)22-27-11-19-38(20-12-27)18-6-5-9-26-7-3-4-8-26/h2,10,15-16,21,26-27H,3-9,11-13,17-20,22-25H2,1H3,(H,36,37)/b28-2+,34-21-. The van der Waals surface area contributed by atoms with Crippen molar-refractivity contribution in [2.75, 3.05) is 52.4 Å². The van der Waals surface area contributed by atoms with E-state index in [9.17, 15) is 5.26 Å². The molecule has 1 aromatic rings. The maximum atomic E-state index is 9.55. The highest BCUT2D eigenvalue weighted by molar-refractivity contribution is 5.96. The largest absolute Gasteiger partial charge is 0.346 e. The molecular weight excluding hydrogens is 482 g/mol. The summed E-state index contributed by atoms with van der Waals surface area (Å²) in [5.74, 6) is 1.83. The average Bonchev–Trinajstić information content (AvgIpc) is 3.58. The molecule has 7 heteroatoms. The number of aromatic amines is 1. The molecule has 39 heavy (non-hydrogen) atoms. The van der Waals surface area contributed by atoms with Crippen LogP contribution in [0.2, 0.25) is 0 Å². The van der Waals surface area contributed by atoms with Crippen molar-refractivity contribution in [2.24, 2.45) is 32.2 Å². The number of nitriles is 1. The molecule has 5 rings (SSSR count). The van der Waals surface area contributed by atoms with E-state index in [1.165, 1.54) is 84.0 Å². The van der Waals surface area contributed by atoms with Crippen LogP contribution in [0.25, 0.3) is 5.70 Å². The van der Waals surface area contributed by atoms with Crippen LogP contribution in [0.1, 0.15) is 71.1 Å². The Kier molecular flexibility index (Phi) is 9.81. The molecule has 4 heterocycles. The monoisotopic (exact) mass is 529 g/mol. The molecule has 1 N–H and O–H groups in total. The summed E-state index contributed by atoms with van der Waals surface area (Å²) < 4.78 is 0. The molecule has 3 aliphatic heterocycles. The lowest BCUT2D eigenvalue weighted by Gasteiger charge is -2.50. The van der Waals surface area contributed by atoms with Gasteiger partial charge in [-0.05, 0) is 63.7 Å². The zero-order chi connectivity index (χ0) is 26.9. The first-order chi connectivity index (χ1) is 19.2. The molecule has 0 bridgehead atoms. The number of unbranched alkanes of at least 4 members (excludes halogenated alkanes) is 1. The van der Waals surface area contributed by atoms with Gasteiger partial charge in [0.1, 0.15) is 5.49 Å². The van der Waals surface area contributed by atoms with Crippen molar-refractivity contribution in [2.45, 2.75) is 71.1 Å². The summed E-state index contributed by atoms with van der Waals surface area (Å²) in [5, 5.41) is 10.6. The molecule has 3 fully saturated rings. The molecule has 1 saturated carbocycles. The summed E-state index contributed by atoms with van der Waals surface area (Å²) in [4.78, 5) is 22.5.